The number of carbonyl (C=O) groups is 1. The number of aromatic nitrogens is 1. The topological polar surface area (TPSA) is 97.4 Å². The second kappa shape index (κ2) is 9.89. The molecule has 35 heavy (non-hydrogen) atoms. The van der Waals surface area contributed by atoms with E-state index < -0.39 is 10.0 Å². The van der Waals surface area contributed by atoms with Crippen molar-refractivity contribution in [1.29, 1.82) is 0 Å². The second-order valence-corrected chi connectivity index (χ2v) is 10.7. The summed E-state index contributed by atoms with van der Waals surface area (Å²) in [7, 11) is -2.26. The fourth-order valence-corrected chi connectivity index (χ4v) is 5.61. The Hall–Kier alpha value is -3.69. The number of hydrogen-bond donors (Lipinski definition) is 2. The fraction of sp³-hybridized carbons (Fsp3) is 0.154. The third kappa shape index (κ3) is 5.52. The molecule has 7 nitrogen and oxygen atoms in total. The highest BCUT2D eigenvalue weighted by Gasteiger charge is 2.16. The van der Waals surface area contributed by atoms with Gasteiger partial charge in [0.1, 0.15) is 5.75 Å². The summed E-state index contributed by atoms with van der Waals surface area (Å²) in [6.45, 7) is 6.17. The molecule has 0 aliphatic carbocycles. The number of ether oxygens (including phenoxy) is 1. The number of aryl methyl sites for hydroxylation is 3. The summed E-state index contributed by atoms with van der Waals surface area (Å²) in [6, 6.07) is 16.5. The summed E-state index contributed by atoms with van der Waals surface area (Å²) >= 11 is 1.36. The van der Waals surface area contributed by atoms with Crippen molar-refractivity contribution in [2.45, 2.75) is 25.7 Å². The van der Waals surface area contributed by atoms with Gasteiger partial charge in [0.25, 0.3) is 15.9 Å². The van der Waals surface area contributed by atoms with E-state index in [1.807, 2.05) is 5.38 Å². The minimum Gasteiger partial charge on any atom is -0.497 e. The molecule has 4 aromatic rings. The Bertz CT molecular complexity index is 1450. The van der Waals surface area contributed by atoms with Gasteiger partial charge in [0, 0.05) is 22.2 Å². The van der Waals surface area contributed by atoms with Crippen molar-refractivity contribution in [2.24, 2.45) is 0 Å². The molecule has 0 radical (unpaired) electrons. The number of sulfonamides is 1. The van der Waals surface area contributed by atoms with Crippen LogP contribution in [0.4, 0.5) is 10.8 Å². The van der Waals surface area contributed by atoms with E-state index >= 15 is 0 Å². The Balaban J connectivity index is 1.44. The van der Waals surface area contributed by atoms with Crippen molar-refractivity contribution >= 4 is 38.1 Å². The molecule has 0 fully saturated rings. The summed E-state index contributed by atoms with van der Waals surface area (Å²) in [5.74, 6) is 0.239. The highest BCUT2D eigenvalue weighted by atomic mass is 32.2. The van der Waals surface area contributed by atoms with Crippen LogP contribution in [0.3, 0.4) is 0 Å². The number of nitrogens with zero attached hydrogens (tertiary/aromatic N) is 1. The van der Waals surface area contributed by atoms with E-state index in [1.165, 1.54) is 36.1 Å². The van der Waals surface area contributed by atoms with E-state index in [0.717, 1.165) is 22.4 Å². The Kier molecular flexibility index (Phi) is 6.90. The van der Waals surface area contributed by atoms with Crippen LogP contribution in [0.1, 0.15) is 27.0 Å². The average molecular weight is 508 g/mol. The number of hydrogen-bond acceptors (Lipinski definition) is 6. The van der Waals surface area contributed by atoms with Gasteiger partial charge in [-0.05, 0) is 80.4 Å². The summed E-state index contributed by atoms with van der Waals surface area (Å²) in [5, 5.41) is 5.24. The Morgan fingerprint density at radius 3 is 2.17 bits per heavy atom. The monoisotopic (exact) mass is 507 g/mol. The van der Waals surface area contributed by atoms with Gasteiger partial charge in [0.05, 0.1) is 17.7 Å². The minimum atomic E-state index is -3.77. The average Bonchev–Trinajstić information content (AvgIpc) is 3.26. The maximum atomic E-state index is 12.7. The Morgan fingerprint density at radius 2 is 1.57 bits per heavy atom. The normalized spacial score (nSPS) is 11.2. The molecule has 180 valence electrons. The molecule has 0 atom stereocenters. The summed E-state index contributed by atoms with van der Waals surface area (Å²) < 4.78 is 32.8. The van der Waals surface area contributed by atoms with Crippen molar-refractivity contribution < 1.29 is 17.9 Å². The van der Waals surface area contributed by atoms with Gasteiger partial charge >= 0.3 is 0 Å². The number of anilines is 2. The standard InChI is InChI=1S/C26H25N3O4S2/c1-16-13-17(2)24(18(3)14-16)23-15-34-26(27-23)28-25(30)19-5-7-20(8-6-19)29-35(31,32)22-11-9-21(33-4)10-12-22/h5-15,29H,1-4H3,(H,27,28,30). The van der Waals surface area contributed by atoms with E-state index in [4.69, 9.17) is 4.74 Å². The first-order chi connectivity index (χ1) is 16.7. The van der Waals surface area contributed by atoms with Gasteiger partial charge in [-0.15, -0.1) is 11.3 Å². The highest BCUT2D eigenvalue weighted by molar-refractivity contribution is 7.92. The first-order valence-corrected chi connectivity index (χ1v) is 13.1. The van der Waals surface area contributed by atoms with Crippen molar-refractivity contribution in [1.82, 2.24) is 4.98 Å². The molecule has 1 heterocycles. The van der Waals surface area contributed by atoms with Crippen LogP contribution < -0.4 is 14.8 Å². The Morgan fingerprint density at radius 1 is 0.943 bits per heavy atom. The predicted octanol–water partition coefficient (Wildman–Crippen LogP) is 5.80. The molecule has 4 rings (SSSR count). The number of thiazole rings is 1. The van der Waals surface area contributed by atoms with Gasteiger partial charge in [0.2, 0.25) is 0 Å². The zero-order valence-electron chi connectivity index (χ0n) is 19.7. The van der Waals surface area contributed by atoms with Crippen LogP contribution in [0.5, 0.6) is 5.75 Å². The lowest BCUT2D eigenvalue weighted by Crippen LogP contribution is -2.14. The first kappa shape index (κ1) is 24.4. The maximum Gasteiger partial charge on any atom is 0.261 e. The van der Waals surface area contributed by atoms with Crippen molar-refractivity contribution in [3.63, 3.8) is 0 Å². The van der Waals surface area contributed by atoms with E-state index in [2.05, 4.69) is 47.9 Å². The van der Waals surface area contributed by atoms with Crippen LogP contribution in [-0.4, -0.2) is 26.4 Å². The first-order valence-electron chi connectivity index (χ1n) is 10.8. The van der Waals surface area contributed by atoms with Crippen molar-refractivity contribution in [2.75, 3.05) is 17.1 Å². The highest BCUT2D eigenvalue weighted by Crippen LogP contribution is 2.31. The number of methoxy groups -OCH3 is 1. The molecule has 0 aliphatic rings. The molecule has 0 saturated carbocycles. The minimum absolute atomic E-state index is 0.110. The van der Waals surface area contributed by atoms with E-state index in [1.54, 1.807) is 36.4 Å². The van der Waals surface area contributed by atoms with Crippen molar-refractivity contribution in [3.05, 3.63) is 88.3 Å². The largest absolute Gasteiger partial charge is 0.497 e. The fourth-order valence-electron chi connectivity index (χ4n) is 3.86. The lowest BCUT2D eigenvalue weighted by atomic mass is 9.98. The molecular formula is C26H25N3O4S2. The molecule has 0 saturated heterocycles. The van der Waals surface area contributed by atoms with Crippen LogP contribution in [0.25, 0.3) is 11.3 Å². The molecular weight excluding hydrogens is 482 g/mol. The van der Waals surface area contributed by atoms with Gasteiger partial charge in [-0.1, -0.05) is 17.7 Å². The quantitative estimate of drug-likeness (QED) is 0.330. The van der Waals surface area contributed by atoms with Crippen LogP contribution in [-0.2, 0) is 10.0 Å². The number of carbonyl (C=O) groups excluding carboxylic acids is 1. The Labute approximate surface area is 208 Å². The maximum absolute atomic E-state index is 12.7. The molecule has 0 spiro atoms. The van der Waals surface area contributed by atoms with Gasteiger partial charge in [-0.3, -0.25) is 14.8 Å². The zero-order chi connectivity index (χ0) is 25.2. The molecule has 0 bridgehead atoms. The number of amides is 1. The van der Waals surface area contributed by atoms with Crippen LogP contribution in [0.2, 0.25) is 0 Å². The van der Waals surface area contributed by atoms with Crippen LogP contribution in [0.15, 0.2) is 70.9 Å². The lowest BCUT2D eigenvalue weighted by Gasteiger charge is -2.10. The smallest absolute Gasteiger partial charge is 0.261 e. The zero-order valence-corrected chi connectivity index (χ0v) is 21.4. The summed E-state index contributed by atoms with van der Waals surface area (Å²) in [4.78, 5) is 17.4. The molecule has 1 aromatic heterocycles. The van der Waals surface area contributed by atoms with Crippen LogP contribution >= 0.6 is 11.3 Å². The third-order valence-electron chi connectivity index (χ3n) is 5.43. The number of benzene rings is 3. The third-order valence-corrected chi connectivity index (χ3v) is 7.58. The molecule has 2 N–H and O–H groups in total. The lowest BCUT2D eigenvalue weighted by molar-refractivity contribution is 0.102. The van der Waals surface area contributed by atoms with Gasteiger partial charge in [0.15, 0.2) is 5.13 Å². The van der Waals surface area contributed by atoms with E-state index in [9.17, 15) is 13.2 Å². The van der Waals surface area contributed by atoms with Gasteiger partial charge in [-0.25, -0.2) is 13.4 Å². The summed E-state index contributed by atoms with van der Waals surface area (Å²) in [6.07, 6.45) is 0. The van der Waals surface area contributed by atoms with E-state index in [0.29, 0.717) is 22.1 Å². The molecule has 9 heteroatoms. The van der Waals surface area contributed by atoms with Gasteiger partial charge in [-0.2, -0.15) is 0 Å². The van der Waals surface area contributed by atoms with E-state index in [-0.39, 0.29) is 10.8 Å². The van der Waals surface area contributed by atoms with Crippen molar-refractivity contribution in [3.8, 4) is 17.0 Å². The number of rotatable bonds is 7. The van der Waals surface area contributed by atoms with Crippen LogP contribution in [0, 0.1) is 20.8 Å². The summed E-state index contributed by atoms with van der Waals surface area (Å²) in [5.41, 5.74) is 6.10. The molecule has 1 amide bonds. The molecule has 0 unspecified atom stereocenters. The SMILES string of the molecule is COc1ccc(S(=O)(=O)Nc2ccc(C(=O)Nc3nc(-c4c(C)cc(C)cc4C)cs3)cc2)cc1. The molecule has 3 aromatic carbocycles. The molecule has 0 aliphatic heterocycles. The second-order valence-electron chi connectivity index (χ2n) is 8.12. The number of nitrogens with one attached hydrogen (secondary N) is 2. The van der Waals surface area contributed by atoms with Gasteiger partial charge < -0.3 is 4.74 Å². The predicted molar refractivity (Wildman–Crippen MR) is 140 cm³/mol.